The van der Waals surface area contributed by atoms with Gasteiger partial charge in [0.25, 0.3) is 0 Å². The van der Waals surface area contributed by atoms with Crippen molar-refractivity contribution in [1.29, 1.82) is 0 Å². The van der Waals surface area contributed by atoms with Crippen molar-refractivity contribution in [2.24, 2.45) is 4.99 Å². The van der Waals surface area contributed by atoms with Crippen molar-refractivity contribution in [2.75, 3.05) is 57.3 Å². The summed E-state index contributed by atoms with van der Waals surface area (Å²) in [5.74, 6) is -1.43. The lowest BCUT2D eigenvalue weighted by atomic mass is 9.96. The Morgan fingerprint density at radius 2 is 1.58 bits per heavy atom. The molecule has 5 rings (SSSR count). The van der Waals surface area contributed by atoms with E-state index >= 15 is 4.39 Å². The number of piperazine rings is 1. The number of fused-ring (bicyclic) bond motifs is 1. The van der Waals surface area contributed by atoms with Crippen LogP contribution in [-0.2, 0) is 15.7 Å². The van der Waals surface area contributed by atoms with Gasteiger partial charge >= 0.3 is 12.1 Å². The lowest BCUT2D eigenvalue weighted by molar-refractivity contribution is -0.141. The van der Waals surface area contributed by atoms with Crippen molar-refractivity contribution in [3.05, 3.63) is 77.4 Å². The van der Waals surface area contributed by atoms with Gasteiger partial charge in [0.15, 0.2) is 11.6 Å². The summed E-state index contributed by atoms with van der Waals surface area (Å²) in [6.45, 7) is 1.50. The second-order valence-corrected chi connectivity index (χ2v) is 9.93. The van der Waals surface area contributed by atoms with Crippen LogP contribution in [0.4, 0.5) is 39.0 Å². The Morgan fingerprint density at radius 3 is 2.23 bits per heavy atom. The van der Waals surface area contributed by atoms with Gasteiger partial charge in [-0.15, -0.1) is 0 Å². The van der Waals surface area contributed by atoms with E-state index in [1.165, 1.54) is 50.5 Å². The second-order valence-electron chi connectivity index (χ2n) is 9.93. The summed E-state index contributed by atoms with van der Waals surface area (Å²) in [4.78, 5) is 22.6. The maximum Gasteiger partial charge on any atom is 0.416 e. The predicted molar refractivity (Wildman–Crippen MR) is 150 cm³/mol. The monoisotopic (exact) mass is 604 g/mol. The van der Waals surface area contributed by atoms with Crippen LogP contribution in [0.5, 0.6) is 11.5 Å². The first-order chi connectivity index (χ1) is 20.5. The third-order valence-corrected chi connectivity index (χ3v) is 7.53. The van der Waals surface area contributed by atoms with Crippen molar-refractivity contribution in [3.63, 3.8) is 0 Å². The minimum absolute atomic E-state index is 0.00518. The fraction of sp³-hybridized carbons (Fsp3) is 0.333. The molecule has 1 saturated heterocycles. The fourth-order valence-electron chi connectivity index (χ4n) is 5.36. The standard InChI is InChI=1S/C30H29F5N4O4/c1-41-25-10-7-18(30(33,34)35)15-24(25)39-23(17-27(40)43-3)20-5-4-6-22(32)28(20)36-29(39)38-13-11-37(12-14-38)19-8-9-21(31)26(16-19)42-2/h4-10,15-16,23H,11-14,17H2,1-3H3. The third-order valence-electron chi connectivity index (χ3n) is 7.53. The zero-order valence-electron chi connectivity index (χ0n) is 23.6. The van der Waals surface area contributed by atoms with Gasteiger partial charge in [-0.2, -0.15) is 13.2 Å². The van der Waals surface area contributed by atoms with E-state index in [9.17, 15) is 22.4 Å². The number of hydrogen-bond acceptors (Lipinski definition) is 8. The number of guanidine groups is 1. The molecule has 2 aliphatic rings. The van der Waals surface area contributed by atoms with Gasteiger partial charge in [-0.25, -0.2) is 13.8 Å². The molecule has 1 atom stereocenters. The van der Waals surface area contributed by atoms with E-state index in [0.29, 0.717) is 31.7 Å². The van der Waals surface area contributed by atoms with Crippen molar-refractivity contribution < 1.29 is 41.0 Å². The van der Waals surface area contributed by atoms with Gasteiger partial charge in [-0.1, -0.05) is 12.1 Å². The van der Waals surface area contributed by atoms with E-state index in [1.807, 2.05) is 9.80 Å². The number of methoxy groups -OCH3 is 3. The first-order valence-corrected chi connectivity index (χ1v) is 13.4. The molecule has 43 heavy (non-hydrogen) atoms. The van der Waals surface area contributed by atoms with Gasteiger partial charge in [0.05, 0.1) is 45.0 Å². The molecule has 1 fully saturated rings. The summed E-state index contributed by atoms with van der Waals surface area (Å²) in [5.41, 5.74) is 0.0926. The third kappa shape index (κ3) is 5.88. The molecule has 0 aromatic heterocycles. The zero-order chi connectivity index (χ0) is 30.9. The highest BCUT2D eigenvalue weighted by Gasteiger charge is 2.40. The van der Waals surface area contributed by atoms with E-state index < -0.39 is 35.4 Å². The highest BCUT2D eigenvalue weighted by atomic mass is 19.4. The summed E-state index contributed by atoms with van der Waals surface area (Å²) in [6.07, 6.45) is -4.97. The van der Waals surface area contributed by atoms with E-state index in [1.54, 1.807) is 18.2 Å². The molecular weight excluding hydrogens is 575 g/mol. The van der Waals surface area contributed by atoms with E-state index in [2.05, 4.69) is 4.99 Å². The molecule has 0 radical (unpaired) electrons. The summed E-state index contributed by atoms with van der Waals surface area (Å²) in [7, 11) is 3.90. The predicted octanol–water partition coefficient (Wildman–Crippen LogP) is 5.93. The van der Waals surface area contributed by atoms with Crippen LogP contribution >= 0.6 is 0 Å². The summed E-state index contributed by atoms with van der Waals surface area (Å²) in [5, 5.41) is 0. The van der Waals surface area contributed by atoms with Crippen LogP contribution in [0.3, 0.4) is 0 Å². The molecular formula is C30H29F5N4O4. The Kier molecular flexibility index (Phi) is 8.34. The first kappa shape index (κ1) is 29.9. The number of nitrogens with zero attached hydrogens (tertiary/aromatic N) is 4. The molecule has 3 aromatic rings. The molecule has 0 amide bonds. The van der Waals surface area contributed by atoms with E-state index in [-0.39, 0.29) is 35.3 Å². The molecule has 3 aromatic carbocycles. The average Bonchev–Trinajstić information content (AvgIpc) is 3.00. The number of esters is 1. The fourth-order valence-corrected chi connectivity index (χ4v) is 5.36. The molecule has 2 heterocycles. The molecule has 228 valence electrons. The quantitative estimate of drug-likeness (QED) is 0.255. The molecule has 0 aliphatic carbocycles. The Hall–Kier alpha value is -4.55. The average molecular weight is 605 g/mol. The van der Waals surface area contributed by atoms with Gasteiger partial charge in [0.2, 0.25) is 5.96 Å². The minimum Gasteiger partial charge on any atom is -0.495 e. The zero-order valence-corrected chi connectivity index (χ0v) is 23.6. The number of ether oxygens (including phenoxy) is 3. The molecule has 0 bridgehead atoms. The van der Waals surface area contributed by atoms with Crippen LogP contribution in [-0.4, -0.2) is 64.3 Å². The van der Waals surface area contributed by atoms with Crippen LogP contribution in [0.2, 0.25) is 0 Å². The van der Waals surface area contributed by atoms with Crippen LogP contribution in [0.15, 0.2) is 59.6 Å². The number of aliphatic imine (C=N–C) groups is 1. The molecule has 0 saturated carbocycles. The number of carbonyl (C=O) groups is 1. The summed E-state index contributed by atoms with van der Waals surface area (Å²) < 4.78 is 86.4. The Bertz CT molecular complexity index is 1540. The SMILES string of the molecule is COC(=O)CC1c2cccc(F)c2N=C(N2CCN(c3ccc(F)c(OC)c3)CC2)N1c1cc(C(F)(F)F)ccc1OC. The van der Waals surface area contributed by atoms with Gasteiger partial charge in [-0.05, 0) is 36.4 Å². The van der Waals surface area contributed by atoms with Crippen LogP contribution in [0.25, 0.3) is 0 Å². The smallest absolute Gasteiger partial charge is 0.416 e. The van der Waals surface area contributed by atoms with Crippen molar-refractivity contribution in [3.8, 4) is 11.5 Å². The molecule has 13 heteroatoms. The van der Waals surface area contributed by atoms with Crippen LogP contribution in [0.1, 0.15) is 23.6 Å². The van der Waals surface area contributed by atoms with E-state index in [0.717, 1.165) is 17.8 Å². The molecule has 1 unspecified atom stereocenters. The Balaban J connectivity index is 1.60. The number of halogens is 5. The Morgan fingerprint density at radius 1 is 0.884 bits per heavy atom. The van der Waals surface area contributed by atoms with Crippen molar-refractivity contribution >= 4 is 29.0 Å². The normalized spacial score (nSPS) is 16.9. The maximum absolute atomic E-state index is 15.2. The lowest BCUT2D eigenvalue weighted by Crippen LogP contribution is -2.55. The summed E-state index contributed by atoms with van der Waals surface area (Å²) >= 11 is 0. The number of alkyl halides is 3. The first-order valence-electron chi connectivity index (χ1n) is 13.4. The summed E-state index contributed by atoms with van der Waals surface area (Å²) in [6, 6.07) is 10.9. The molecule has 0 spiro atoms. The van der Waals surface area contributed by atoms with Crippen molar-refractivity contribution in [2.45, 2.75) is 18.6 Å². The van der Waals surface area contributed by atoms with E-state index in [4.69, 9.17) is 14.2 Å². The number of rotatable bonds is 6. The minimum atomic E-state index is -4.67. The molecule has 0 N–H and O–H groups in total. The molecule has 2 aliphatic heterocycles. The van der Waals surface area contributed by atoms with Gasteiger partial charge < -0.3 is 28.9 Å². The largest absolute Gasteiger partial charge is 0.495 e. The molecule has 8 nitrogen and oxygen atoms in total. The highest BCUT2D eigenvalue weighted by molar-refractivity contribution is 6.02. The van der Waals surface area contributed by atoms with Crippen LogP contribution < -0.4 is 19.3 Å². The Labute approximate surface area is 244 Å². The number of carbonyl (C=O) groups excluding carboxylic acids is 1. The van der Waals surface area contributed by atoms with Gasteiger partial charge in [0.1, 0.15) is 17.3 Å². The number of benzene rings is 3. The lowest BCUT2D eigenvalue weighted by Gasteiger charge is -2.45. The second kappa shape index (κ2) is 12.0. The van der Waals surface area contributed by atoms with Crippen molar-refractivity contribution in [1.82, 2.24) is 4.90 Å². The number of para-hydroxylation sites is 1. The maximum atomic E-state index is 15.2. The van der Waals surface area contributed by atoms with Gasteiger partial charge in [0, 0.05) is 43.5 Å². The highest BCUT2D eigenvalue weighted by Crippen LogP contribution is 2.46. The topological polar surface area (TPSA) is 66.8 Å². The number of hydrogen-bond donors (Lipinski definition) is 0. The van der Waals surface area contributed by atoms with Gasteiger partial charge in [-0.3, -0.25) is 4.79 Å². The van der Waals surface area contributed by atoms with Crippen LogP contribution in [0, 0.1) is 11.6 Å². The number of anilines is 2.